The Morgan fingerprint density at radius 1 is 1.29 bits per heavy atom. The average molecular weight is 335 g/mol. The lowest BCUT2D eigenvalue weighted by Crippen LogP contribution is -2.33. The fourth-order valence-corrected chi connectivity index (χ4v) is 2.67. The number of nitrogens with zero attached hydrogens (tertiary/aromatic N) is 7. The van der Waals surface area contributed by atoms with Gasteiger partial charge in [0.1, 0.15) is 24.6 Å². The van der Waals surface area contributed by atoms with Gasteiger partial charge in [-0.05, 0) is 5.21 Å². The van der Waals surface area contributed by atoms with Gasteiger partial charge in [-0.1, -0.05) is 0 Å². The minimum atomic E-state index is -1.33. The molecule has 4 rings (SSSR count). The third-order valence-corrected chi connectivity index (χ3v) is 3.82. The number of aromatic nitrogens is 8. The number of hydrogen-bond donors (Lipinski definition) is 5. The first-order valence-electron chi connectivity index (χ1n) is 6.96. The Morgan fingerprint density at radius 3 is 2.79 bits per heavy atom. The lowest BCUT2D eigenvalue weighted by molar-refractivity contribution is -0.0503. The number of fused-ring (bicyclic) bond motifs is 1. The van der Waals surface area contributed by atoms with Crippen LogP contribution in [0.1, 0.15) is 6.23 Å². The maximum Gasteiger partial charge on any atom is 0.240 e. The van der Waals surface area contributed by atoms with Crippen LogP contribution in [0.4, 0.5) is 5.82 Å². The summed E-state index contributed by atoms with van der Waals surface area (Å²) in [6.07, 6.45) is -3.42. The predicted molar refractivity (Wildman–Crippen MR) is 75.9 cm³/mol. The third-order valence-electron chi connectivity index (χ3n) is 3.82. The first kappa shape index (κ1) is 14.8. The highest BCUT2D eigenvalue weighted by molar-refractivity contribution is 5.84. The number of anilines is 1. The van der Waals surface area contributed by atoms with Crippen LogP contribution >= 0.6 is 0 Å². The van der Waals surface area contributed by atoms with E-state index in [-0.39, 0.29) is 28.6 Å². The number of nitrogen functional groups attached to an aromatic ring is 1. The van der Waals surface area contributed by atoms with Crippen molar-refractivity contribution in [3.63, 3.8) is 0 Å². The van der Waals surface area contributed by atoms with Crippen molar-refractivity contribution in [2.45, 2.75) is 24.5 Å². The molecule has 0 radical (unpaired) electrons. The van der Waals surface area contributed by atoms with Gasteiger partial charge in [0, 0.05) is 0 Å². The zero-order chi connectivity index (χ0) is 16.8. The minimum Gasteiger partial charge on any atom is -0.394 e. The van der Waals surface area contributed by atoms with Gasteiger partial charge in [0.2, 0.25) is 5.82 Å². The summed E-state index contributed by atoms with van der Waals surface area (Å²) >= 11 is 0. The molecule has 1 aliphatic rings. The molecule has 13 nitrogen and oxygen atoms in total. The molecule has 13 heteroatoms. The van der Waals surface area contributed by atoms with Crippen LogP contribution in [0.2, 0.25) is 0 Å². The van der Waals surface area contributed by atoms with Gasteiger partial charge >= 0.3 is 0 Å². The van der Waals surface area contributed by atoms with E-state index < -0.39 is 31.1 Å². The summed E-state index contributed by atoms with van der Waals surface area (Å²) in [5.41, 5.74) is 6.34. The molecule has 6 N–H and O–H groups in total. The van der Waals surface area contributed by atoms with Crippen molar-refractivity contribution < 1.29 is 20.1 Å². The SMILES string of the molecule is Nc1ncnc2c1nc(-c1nn[nH]n1)n2[C@@H]1O[C@H](CO)[C@@H](O)[C@H]1O. The van der Waals surface area contributed by atoms with Crippen LogP contribution in [-0.2, 0) is 4.74 Å². The molecule has 0 aromatic carbocycles. The number of aromatic amines is 1. The normalized spacial score (nSPS) is 27.1. The molecule has 126 valence electrons. The van der Waals surface area contributed by atoms with E-state index in [1.165, 1.54) is 10.9 Å². The van der Waals surface area contributed by atoms with E-state index in [2.05, 4.69) is 35.6 Å². The lowest BCUT2D eigenvalue weighted by atomic mass is 10.1. The average Bonchev–Trinajstić information content (AvgIpc) is 3.27. The number of imidazole rings is 1. The number of ether oxygens (including phenoxy) is 1. The maximum atomic E-state index is 10.3. The van der Waals surface area contributed by atoms with Crippen molar-refractivity contribution >= 4 is 17.0 Å². The Hall–Kier alpha value is -2.74. The third kappa shape index (κ3) is 2.03. The van der Waals surface area contributed by atoms with Crippen molar-refractivity contribution in [1.29, 1.82) is 0 Å². The summed E-state index contributed by atoms with van der Waals surface area (Å²) < 4.78 is 6.94. The highest BCUT2D eigenvalue weighted by Gasteiger charge is 2.45. The number of tetrazole rings is 1. The van der Waals surface area contributed by atoms with Crippen LogP contribution in [0.3, 0.4) is 0 Å². The van der Waals surface area contributed by atoms with Gasteiger partial charge in [-0.15, -0.1) is 10.2 Å². The van der Waals surface area contributed by atoms with E-state index in [0.717, 1.165) is 0 Å². The summed E-state index contributed by atoms with van der Waals surface area (Å²) in [7, 11) is 0. The second-order valence-electron chi connectivity index (χ2n) is 5.20. The van der Waals surface area contributed by atoms with Crippen LogP contribution in [0.25, 0.3) is 22.8 Å². The Balaban J connectivity index is 1.94. The van der Waals surface area contributed by atoms with Crippen molar-refractivity contribution in [3.05, 3.63) is 6.33 Å². The van der Waals surface area contributed by atoms with E-state index in [1.807, 2.05) is 0 Å². The standard InChI is InChI=1S/C11H13N9O4/c12-7-4-9(14-2-13-7)20(10(15-4)8-16-18-19-17-8)11-6(23)5(22)3(1-21)24-11/h2-3,5-6,11,21-23H,1H2,(H2,12,13,14)(H,16,17,18,19)/t3-,5-,6-,11-/m1/s1. The Kier molecular flexibility index (Phi) is 3.34. The largest absolute Gasteiger partial charge is 0.394 e. The molecule has 0 spiro atoms. The number of aliphatic hydroxyl groups is 3. The molecular weight excluding hydrogens is 322 g/mol. The molecule has 0 amide bonds. The van der Waals surface area contributed by atoms with Crippen molar-refractivity contribution in [2.24, 2.45) is 0 Å². The summed E-state index contributed by atoms with van der Waals surface area (Å²) in [6.45, 7) is -0.462. The second kappa shape index (κ2) is 5.41. The molecule has 0 bridgehead atoms. The Labute approximate surface area is 133 Å². The zero-order valence-electron chi connectivity index (χ0n) is 12.1. The van der Waals surface area contributed by atoms with Crippen LogP contribution in [0, 0.1) is 0 Å². The number of aliphatic hydroxyl groups excluding tert-OH is 3. The van der Waals surface area contributed by atoms with E-state index in [9.17, 15) is 15.3 Å². The van der Waals surface area contributed by atoms with Crippen molar-refractivity contribution in [2.75, 3.05) is 12.3 Å². The van der Waals surface area contributed by atoms with E-state index in [4.69, 9.17) is 10.5 Å². The molecule has 24 heavy (non-hydrogen) atoms. The van der Waals surface area contributed by atoms with Gasteiger partial charge in [-0.25, -0.2) is 15.0 Å². The molecular formula is C11H13N9O4. The quantitative estimate of drug-likeness (QED) is 0.331. The summed E-state index contributed by atoms with van der Waals surface area (Å²) in [4.78, 5) is 12.3. The van der Waals surface area contributed by atoms with Gasteiger partial charge in [-0.2, -0.15) is 5.21 Å². The molecule has 4 heterocycles. The number of nitrogens with two attached hydrogens (primary N) is 1. The van der Waals surface area contributed by atoms with Crippen LogP contribution in [0.15, 0.2) is 6.33 Å². The highest BCUT2D eigenvalue weighted by atomic mass is 16.6. The first-order valence-corrected chi connectivity index (χ1v) is 6.96. The summed E-state index contributed by atoms with van der Waals surface area (Å²) in [5.74, 6) is 0.404. The van der Waals surface area contributed by atoms with E-state index in [0.29, 0.717) is 0 Å². The molecule has 1 aliphatic heterocycles. The molecule has 1 saturated heterocycles. The smallest absolute Gasteiger partial charge is 0.240 e. The van der Waals surface area contributed by atoms with Crippen LogP contribution in [0.5, 0.6) is 0 Å². The van der Waals surface area contributed by atoms with Gasteiger partial charge in [0.05, 0.1) is 6.61 Å². The number of rotatable bonds is 3. The molecule has 0 unspecified atom stereocenters. The molecule has 0 saturated carbocycles. The topological polar surface area (TPSA) is 194 Å². The van der Waals surface area contributed by atoms with Gasteiger partial charge in [-0.3, -0.25) is 4.57 Å². The molecule has 4 atom stereocenters. The molecule has 1 fully saturated rings. The number of nitrogens with one attached hydrogen (secondary N) is 1. The lowest BCUT2D eigenvalue weighted by Gasteiger charge is -2.18. The highest BCUT2D eigenvalue weighted by Crippen LogP contribution is 2.35. The Morgan fingerprint density at radius 2 is 2.12 bits per heavy atom. The van der Waals surface area contributed by atoms with Crippen LogP contribution in [-0.4, -0.2) is 80.4 Å². The van der Waals surface area contributed by atoms with E-state index in [1.54, 1.807) is 0 Å². The minimum absolute atomic E-state index is 0.116. The fourth-order valence-electron chi connectivity index (χ4n) is 2.67. The Bertz CT molecular complexity index is 866. The zero-order valence-corrected chi connectivity index (χ0v) is 12.1. The molecule has 0 aliphatic carbocycles. The van der Waals surface area contributed by atoms with Gasteiger partial charge in [0.25, 0.3) is 0 Å². The molecule has 3 aromatic heterocycles. The van der Waals surface area contributed by atoms with Crippen molar-refractivity contribution in [1.82, 2.24) is 40.1 Å². The maximum absolute atomic E-state index is 10.3. The molecule has 3 aromatic rings. The van der Waals surface area contributed by atoms with Crippen molar-refractivity contribution in [3.8, 4) is 11.6 Å². The number of H-pyrrole nitrogens is 1. The monoisotopic (exact) mass is 335 g/mol. The number of hydrogen-bond acceptors (Lipinski definition) is 11. The predicted octanol–water partition coefficient (Wildman–Crippen LogP) is -2.80. The summed E-state index contributed by atoms with van der Waals surface area (Å²) in [5, 5.41) is 43.1. The van der Waals surface area contributed by atoms with Crippen LogP contribution < -0.4 is 5.73 Å². The van der Waals surface area contributed by atoms with E-state index >= 15 is 0 Å². The second-order valence-corrected chi connectivity index (χ2v) is 5.20. The fraction of sp³-hybridized carbons (Fsp3) is 0.455. The first-order chi connectivity index (χ1) is 11.6. The van der Waals surface area contributed by atoms with Gasteiger partial charge < -0.3 is 25.8 Å². The summed E-state index contributed by atoms with van der Waals surface area (Å²) in [6, 6.07) is 0. The van der Waals surface area contributed by atoms with Gasteiger partial charge in [0.15, 0.2) is 29.0 Å².